The number of hydrogen-bond acceptors (Lipinski definition) is 1. The van der Waals surface area contributed by atoms with Crippen LogP contribution in [0.25, 0.3) is 27.8 Å². The van der Waals surface area contributed by atoms with E-state index < -0.39 is 23.3 Å². The van der Waals surface area contributed by atoms with E-state index in [4.69, 9.17) is 4.74 Å². The lowest BCUT2D eigenvalue weighted by molar-refractivity contribution is 0.314. The summed E-state index contributed by atoms with van der Waals surface area (Å²) in [5.74, 6) is -3.32. The van der Waals surface area contributed by atoms with E-state index in [2.05, 4.69) is 13.0 Å². The van der Waals surface area contributed by atoms with E-state index in [0.717, 1.165) is 24.8 Å². The van der Waals surface area contributed by atoms with E-state index in [0.29, 0.717) is 22.6 Å². The molecule has 4 rings (SSSR count). The molecular weight excluding hydrogens is 464 g/mol. The van der Waals surface area contributed by atoms with Crippen LogP contribution >= 0.6 is 0 Å². The number of ether oxygens (including phenoxy) is 1. The Bertz CT molecular complexity index is 1230. The van der Waals surface area contributed by atoms with E-state index in [9.17, 15) is 8.78 Å². The average Bonchev–Trinajstić information content (AvgIpc) is 2.90. The molecule has 0 saturated heterocycles. The van der Waals surface area contributed by atoms with Gasteiger partial charge in [-0.2, -0.15) is 4.39 Å². The van der Waals surface area contributed by atoms with Gasteiger partial charge in [-0.25, -0.2) is 13.2 Å². The Morgan fingerprint density at radius 1 is 0.722 bits per heavy atom. The molecule has 0 aromatic heterocycles. The highest BCUT2D eigenvalue weighted by Crippen LogP contribution is 2.37. The van der Waals surface area contributed by atoms with Crippen LogP contribution in [0.3, 0.4) is 0 Å². The molecule has 36 heavy (non-hydrogen) atoms. The second-order valence-electron chi connectivity index (χ2n) is 9.40. The zero-order valence-corrected chi connectivity index (χ0v) is 20.9. The Labute approximate surface area is 210 Å². The normalized spacial score (nSPS) is 15.6. The molecule has 0 aliphatic heterocycles. The van der Waals surface area contributed by atoms with Crippen molar-refractivity contribution in [1.82, 2.24) is 0 Å². The summed E-state index contributed by atoms with van der Waals surface area (Å²) in [6.07, 6.45) is 9.58. The van der Waals surface area contributed by atoms with Gasteiger partial charge in [-0.15, -0.1) is 0 Å². The molecule has 190 valence electrons. The quantitative estimate of drug-likeness (QED) is 0.212. The Morgan fingerprint density at radius 2 is 1.31 bits per heavy atom. The molecule has 3 aromatic rings. The second-order valence-corrected chi connectivity index (χ2v) is 9.40. The van der Waals surface area contributed by atoms with E-state index in [1.165, 1.54) is 37.8 Å². The van der Waals surface area contributed by atoms with Crippen LogP contribution in [0.4, 0.5) is 17.6 Å². The lowest BCUT2D eigenvalue weighted by Crippen LogP contribution is -2.07. The van der Waals surface area contributed by atoms with Crippen molar-refractivity contribution in [2.45, 2.75) is 58.8 Å². The van der Waals surface area contributed by atoms with Gasteiger partial charge in [0.2, 0.25) is 5.82 Å². The van der Waals surface area contributed by atoms with Gasteiger partial charge in [-0.3, -0.25) is 0 Å². The molecule has 1 aliphatic carbocycles. The molecule has 0 spiro atoms. The third-order valence-corrected chi connectivity index (χ3v) is 7.02. The fourth-order valence-electron chi connectivity index (χ4n) is 4.95. The molecule has 0 amide bonds. The van der Waals surface area contributed by atoms with Gasteiger partial charge in [-0.1, -0.05) is 75.1 Å². The topological polar surface area (TPSA) is 9.23 Å². The van der Waals surface area contributed by atoms with Gasteiger partial charge in [0.05, 0.1) is 6.61 Å². The summed E-state index contributed by atoms with van der Waals surface area (Å²) >= 11 is 0. The minimum absolute atomic E-state index is 0.0711. The van der Waals surface area contributed by atoms with Crippen molar-refractivity contribution in [1.29, 1.82) is 0 Å². The molecular formula is C31H32F4O. The van der Waals surface area contributed by atoms with Crippen molar-refractivity contribution in [3.63, 3.8) is 0 Å². The van der Waals surface area contributed by atoms with Crippen LogP contribution in [0, 0.1) is 29.2 Å². The van der Waals surface area contributed by atoms with Crippen molar-refractivity contribution >= 4 is 5.57 Å². The van der Waals surface area contributed by atoms with Crippen LogP contribution in [0.5, 0.6) is 5.75 Å². The van der Waals surface area contributed by atoms with Crippen LogP contribution in [0.2, 0.25) is 0 Å². The first kappa shape index (κ1) is 26.0. The molecule has 0 fully saturated rings. The third kappa shape index (κ3) is 5.50. The van der Waals surface area contributed by atoms with Gasteiger partial charge < -0.3 is 4.74 Å². The van der Waals surface area contributed by atoms with Gasteiger partial charge in [0.25, 0.3) is 0 Å². The zero-order valence-electron chi connectivity index (χ0n) is 20.9. The molecule has 1 unspecified atom stereocenters. The first-order chi connectivity index (χ1) is 17.4. The summed E-state index contributed by atoms with van der Waals surface area (Å²) in [5, 5.41) is 0. The molecule has 5 heteroatoms. The van der Waals surface area contributed by atoms with Gasteiger partial charge in [0.1, 0.15) is 0 Å². The molecule has 0 N–H and O–H groups in total. The van der Waals surface area contributed by atoms with Crippen molar-refractivity contribution in [3.05, 3.63) is 83.4 Å². The number of benzene rings is 3. The second kappa shape index (κ2) is 11.8. The maximum Gasteiger partial charge on any atom is 0.201 e. The van der Waals surface area contributed by atoms with Crippen LogP contribution < -0.4 is 4.74 Å². The fraction of sp³-hybridized carbons (Fsp3) is 0.355. The summed E-state index contributed by atoms with van der Waals surface area (Å²) in [4.78, 5) is 0. The number of hydrogen-bond donors (Lipinski definition) is 0. The van der Waals surface area contributed by atoms with E-state index in [-0.39, 0.29) is 23.5 Å². The fourth-order valence-corrected chi connectivity index (χ4v) is 4.95. The zero-order chi connectivity index (χ0) is 25.7. The summed E-state index contributed by atoms with van der Waals surface area (Å²) < 4.78 is 64.1. The highest BCUT2D eigenvalue weighted by atomic mass is 19.2. The maximum absolute atomic E-state index is 15.1. The highest BCUT2D eigenvalue weighted by Gasteiger charge is 2.21. The lowest BCUT2D eigenvalue weighted by atomic mass is 9.83. The van der Waals surface area contributed by atoms with Crippen molar-refractivity contribution in [2.75, 3.05) is 6.61 Å². The van der Waals surface area contributed by atoms with E-state index in [1.807, 2.05) is 0 Å². The third-order valence-electron chi connectivity index (χ3n) is 7.02. The van der Waals surface area contributed by atoms with Crippen molar-refractivity contribution in [2.24, 2.45) is 5.92 Å². The maximum atomic E-state index is 15.1. The summed E-state index contributed by atoms with van der Waals surface area (Å²) in [7, 11) is 0. The van der Waals surface area contributed by atoms with E-state index in [1.54, 1.807) is 43.3 Å². The summed E-state index contributed by atoms with van der Waals surface area (Å²) in [6.45, 7) is 4.11. The minimum Gasteiger partial charge on any atom is -0.491 e. The lowest BCUT2D eigenvalue weighted by Gasteiger charge is -2.22. The Kier molecular flexibility index (Phi) is 8.50. The number of halogens is 4. The van der Waals surface area contributed by atoms with Crippen molar-refractivity contribution < 1.29 is 22.3 Å². The summed E-state index contributed by atoms with van der Waals surface area (Å²) in [5.41, 5.74) is 2.29. The standard InChI is InChI=1S/C31H32F4O/c1-3-5-6-7-20-8-10-21(11-9-20)24-16-17-25(29(33)28(24)32)22-12-14-23(15-13-22)26-18-19-27(36-4-2)31(35)30(26)34/h10,12-20H,3-9,11H2,1-2H3. The average molecular weight is 497 g/mol. The molecule has 0 saturated carbocycles. The van der Waals surface area contributed by atoms with Gasteiger partial charge in [-0.05, 0) is 60.9 Å². The minimum atomic E-state index is -1.05. The number of rotatable bonds is 9. The smallest absolute Gasteiger partial charge is 0.201 e. The number of unbranched alkanes of at least 4 members (excludes halogenated alkanes) is 2. The first-order valence-corrected chi connectivity index (χ1v) is 12.8. The SMILES string of the molecule is CCCCCC1CC=C(c2ccc(-c3ccc(-c4ccc(OCC)c(F)c4F)cc3)c(F)c2F)CC1. The first-order valence-electron chi connectivity index (χ1n) is 12.8. The largest absolute Gasteiger partial charge is 0.491 e. The van der Waals surface area contributed by atoms with Crippen LogP contribution in [0.15, 0.2) is 54.6 Å². The van der Waals surface area contributed by atoms with Crippen LogP contribution in [0.1, 0.15) is 64.4 Å². The van der Waals surface area contributed by atoms with Crippen molar-refractivity contribution in [3.8, 4) is 28.0 Å². The van der Waals surface area contributed by atoms with Gasteiger partial charge >= 0.3 is 0 Å². The molecule has 0 bridgehead atoms. The Balaban J connectivity index is 1.53. The molecule has 1 aliphatic rings. The predicted octanol–water partition coefficient (Wildman–Crippen LogP) is 9.74. The Hall–Kier alpha value is -3.08. The number of allylic oxidation sites excluding steroid dienone is 2. The monoisotopic (exact) mass is 496 g/mol. The molecule has 3 aromatic carbocycles. The molecule has 1 atom stereocenters. The van der Waals surface area contributed by atoms with Crippen LogP contribution in [-0.2, 0) is 0 Å². The van der Waals surface area contributed by atoms with E-state index >= 15 is 8.78 Å². The van der Waals surface area contributed by atoms with Gasteiger partial charge in [0, 0.05) is 16.7 Å². The molecule has 0 radical (unpaired) electrons. The molecule has 1 nitrogen and oxygen atoms in total. The molecule has 0 heterocycles. The Morgan fingerprint density at radius 3 is 1.89 bits per heavy atom. The van der Waals surface area contributed by atoms with Crippen LogP contribution in [-0.4, -0.2) is 6.61 Å². The summed E-state index contributed by atoms with van der Waals surface area (Å²) in [6, 6.07) is 12.4. The predicted molar refractivity (Wildman–Crippen MR) is 138 cm³/mol. The van der Waals surface area contributed by atoms with Gasteiger partial charge in [0.15, 0.2) is 23.2 Å². The highest BCUT2D eigenvalue weighted by molar-refractivity contribution is 5.74.